The normalized spacial score (nSPS) is 15.6. The number of hydrazine groups is 1. The third-order valence-corrected chi connectivity index (χ3v) is 7.36. The molecule has 5 rings (SSSR count). The SMILES string of the molecule is CC(NC(=O)c1cc(NC2CNC2)ccc1CCC(=O)NNC=O)c1cccc(-c2cccs2)c1.CC1CO1.O=CO. The number of epoxide rings is 1. The molecular weight excluding hydrogens is 558 g/mol. The maximum atomic E-state index is 13.4. The summed E-state index contributed by atoms with van der Waals surface area (Å²) in [6, 6.07) is 18.1. The molecule has 1 aromatic heterocycles. The zero-order valence-corrected chi connectivity index (χ0v) is 24.4. The van der Waals surface area contributed by atoms with E-state index in [0.29, 0.717) is 30.5 Å². The van der Waals surface area contributed by atoms with Crippen LogP contribution in [0, 0.1) is 0 Å². The van der Waals surface area contributed by atoms with Crippen LogP contribution >= 0.6 is 11.3 Å². The minimum absolute atomic E-state index is 0.138. The van der Waals surface area contributed by atoms with Gasteiger partial charge in [0.25, 0.3) is 12.4 Å². The van der Waals surface area contributed by atoms with Gasteiger partial charge in [0.15, 0.2) is 0 Å². The van der Waals surface area contributed by atoms with Crippen molar-refractivity contribution >= 4 is 41.7 Å². The predicted octanol–water partition coefficient (Wildman–Crippen LogP) is 3.11. The van der Waals surface area contributed by atoms with Crippen molar-refractivity contribution in [1.29, 1.82) is 0 Å². The zero-order valence-electron chi connectivity index (χ0n) is 23.6. The molecule has 0 aliphatic carbocycles. The first kappa shape index (κ1) is 32.3. The summed E-state index contributed by atoms with van der Waals surface area (Å²) < 4.78 is 4.71. The second kappa shape index (κ2) is 16.9. The van der Waals surface area contributed by atoms with Crippen molar-refractivity contribution in [3.05, 3.63) is 76.7 Å². The molecule has 6 N–H and O–H groups in total. The first-order valence-electron chi connectivity index (χ1n) is 13.6. The van der Waals surface area contributed by atoms with E-state index >= 15 is 0 Å². The molecule has 0 saturated carbocycles. The van der Waals surface area contributed by atoms with Gasteiger partial charge in [-0.05, 0) is 66.6 Å². The number of hydrogen-bond acceptors (Lipinski definition) is 8. The highest BCUT2D eigenvalue weighted by Gasteiger charge is 2.20. The largest absolute Gasteiger partial charge is 0.483 e. The lowest BCUT2D eigenvalue weighted by Crippen LogP contribution is -2.51. The number of carbonyl (C=O) groups excluding carboxylic acids is 3. The lowest BCUT2D eigenvalue weighted by Gasteiger charge is -2.29. The fourth-order valence-electron chi connectivity index (χ4n) is 4.00. The minimum Gasteiger partial charge on any atom is -0.483 e. The van der Waals surface area contributed by atoms with Gasteiger partial charge in [-0.25, -0.2) is 0 Å². The molecule has 2 aromatic carbocycles. The summed E-state index contributed by atoms with van der Waals surface area (Å²) in [5, 5.41) is 18.7. The van der Waals surface area contributed by atoms with E-state index in [1.54, 1.807) is 11.3 Å². The summed E-state index contributed by atoms with van der Waals surface area (Å²) in [5.41, 5.74) is 8.74. The van der Waals surface area contributed by atoms with Crippen LogP contribution in [0.25, 0.3) is 10.4 Å². The highest BCUT2D eigenvalue weighted by Crippen LogP contribution is 2.27. The van der Waals surface area contributed by atoms with Crippen molar-refractivity contribution < 1.29 is 29.0 Å². The number of aryl methyl sites for hydroxylation is 1. The first-order valence-corrected chi connectivity index (χ1v) is 14.4. The van der Waals surface area contributed by atoms with E-state index in [2.05, 4.69) is 51.9 Å². The number of carbonyl (C=O) groups is 4. The van der Waals surface area contributed by atoms with E-state index in [0.717, 1.165) is 42.1 Å². The first-order chi connectivity index (χ1) is 20.3. The minimum atomic E-state index is -0.329. The molecule has 224 valence electrons. The Balaban J connectivity index is 0.000000614. The standard InChI is InChI=1S/C26H29N5O3S.C3H6O.CH2O2/c1-17(19-4-2-5-20(12-19)24-6-3-11-35-24)29-26(34)23-13-21(30-22-14-27-15-22)9-7-18(23)8-10-25(33)31-28-16-32;1-3-2-4-3;2-1-3/h2-7,9,11-13,16-17,22,27,30H,8,10,14-15H2,1H3,(H,28,32)(H,29,34)(H,31,33);3H,2H2,1H3;1H,(H,2,3). The molecular formula is C30H37N5O6S. The second-order valence-electron chi connectivity index (χ2n) is 9.73. The molecule has 12 heteroatoms. The van der Waals surface area contributed by atoms with Crippen molar-refractivity contribution in [1.82, 2.24) is 21.5 Å². The van der Waals surface area contributed by atoms with Gasteiger partial charge in [-0.1, -0.05) is 30.3 Å². The van der Waals surface area contributed by atoms with E-state index < -0.39 is 0 Å². The Morgan fingerprint density at radius 1 is 1.14 bits per heavy atom. The van der Waals surface area contributed by atoms with Gasteiger partial charge in [0.2, 0.25) is 12.3 Å². The van der Waals surface area contributed by atoms with Gasteiger partial charge in [-0.3, -0.25) is 30.0 Å². The Morgan fingerprint density at radius 2 is 1.88 bits per heavy atom. The van der Waals surface area contributed by atoms with Crippen molar-refractivity contribution in [2.24, 2.45) is 0 Å². The molecule has 2 aliphatic heterocycles. The smallest absolute Gasteiger partial charge is 0.290 e. The van der Waals surface area contributed by atoms with Crippen LogP contribution in [-0.4, -0.2) is 61.6 Å². The fourth-order valence-corrected chi connectivity index (χ4v) is 4.72. The third kappa shape index (κ3) is 10.6. The summed E-state index contributed by atoms with van der Waals surface area (Å²) in [5.74, 6) is -0.527. The van der Waals surface area contributed by atoms with Gasteiger partial charge in [-0.15, -0.1) is 11.3 Å². The highest BCUT2D eigenvalue weighted by atomic mass is 32.1. The number of carboxylic acid groups (broad SMARTS) is 1. The summed E-state index contributed by atoms with van der Waals surface area (Å²) in [6.07, 6.45) is 1.49. The zero-order chi connectivity index (χ0) is 30.3. The molecule has 11 nitrogen and oxygen atoms in total. The predicted molar refractivity (Wildman–Crippen MR) is 162 cm³/mol. The molecule has 0 radical (unpaired) electrons. The topological polar surface area (TPSA) is 161 Å². The van der Waals surface area contributed by atoms with Crippen LogP contribution in [0.2, 0.25) is 0 Å². The molecule has 3 heterocycles. The maximum absolute atomic E-state index is 13.4. The Kier molecular flexibility index (Phi) is 13.0. The lowest BCUT2D eigenvalue weighted by atomic mass is 9.99. The van der Waals surface area contributed by atoms with Crippen LogP contribution in [0.1, 0.15) is 47.8 Å². The van der Waals surface area contributed by atoms with Crippen LogP contribution in [0.5, 0.6) is 0 Å². The van der Waals surface area contributed by atoms with E-state index in [9.17, 15) is 14.4 Å². The van der Waals surface area contributed by atoms with Crippen LogP contribution in [-0.2, 0) is 25.5 Å². The van der Waals surface area contributed by atoms with Gasteiger partial charge in [0.1, 0.15) is 0 Å². The fraction of sp³-hybridized carbons (Fsp3) is 0.333. The van der Waals surface area contributed by atoms with Crippen LogP contribution < -0.4 is 26.8 Å². The number of ether oxygens (including phenoxy) is 1. The van der Waals surface area contributed by atoms with Crippen LogP contribution in [0.15, 0.2) is 60.0 Å². The number of nitrogens with one attached hydrogen (secondary N) is 5. The van der Waals surface area contributed by atoms with Crippen molar-refractivity contribution in [3.63, 3.8) is 0 Å². The molecule has 2 fully saturated rings. The maximum Gasteiger partial charge on any atom is 0.290 e. The highest BCUT2D eigenvalue weighted by molar-refractivity contribution is 7.13. The van der Waals surface area contributed by atoms with Crippen LogP contribution in [0.4, 0.5) is 5.69 Å². The summed E-state index contributed by atoms with van der Waals surface area (Å²) in [7, 11) is 0. The Hall–Kier alpha value is -4.26. The Labute approximate surface area is 249 Å². The average Bonchev–Trinajstić information content (AvgIpc) is 3.55. The summed E-state index contributed by atoms with van der Waals surface area (Å²) >= 11 is 1.68. The quantitative estimate of drug-likeness (QED) is 0.112. The van der Waals surface area contributed by atoms with Crippen molar-refractivity contribution in [2.75, 3.05) is 25.0 Å². The Bertz CT molecular complexity index is 1310. The number of benzene rings is 2. The molecule has 2 unspecified atom stereocenters. The van der Waals surface area contributed by atoms with Gasteiger partial charge >= 0.3 is 0 Å². The van der Waals surface area contributed by atoms with Crippen LogP contribution in [0.3, 0.4) is 0 Å². The number of amides is 3. The number of thiophene rings is 1. The van der Waals surface area contributed by atoms with E-state index in [-0.39, 0.29) is 30.7 Å². The number of rotatable bonds is 11. The van der Waals surface area contributed by atoms with Crippen molar-refractivity contribution in [2.45, 2.75) is 44.9 Å². The Morgan fingerprint density at radius 3 is 2.48 bits per heavy atom. The molecule has 0 bridgehead atoms. The van der Waals surface area contributed by atoms with Gasteiger partial charge < -0.3 is 25.8 Å². The molecule has 0 spiro atoms. The van der Waals surface area contributed by atoms with Gasteiger partial charge in [0, 0.05) is 35.6 Å². The van der Waals surface area contributed by atoms with E-state index in [4.69, 9.17) is 14.6 Å². The van der Waals surface area contributed by atoms with E-state index in [1.165, 1.54) is 4.88 Å². The molecule has 2 atom stereocenters. The number of hydrogen-bond donors (Lipinski definition) is 6. The van der Waals surface area contributed by atoms with Crippen molar-refractivity contribution in [3.8, 4) is 10.4 Å². The molecule has 3 aromatic rings. The lowest BCUT2D eigenvalue weighted by molar-refractivity contribution is -0.124. The van der Waals surface area contributed by atoms with E-state index in [1.807, 2.05) is 48.7 Å². The average molecular weight is 596 g/mol. The monoisotopic (exact) mass is 595 g/mol. The molecule has 2 saturated heterocycles. The molecule has 2 aliphatic rings. The molecule has 3 amide bonds. The second-order valence-corrected chi connectivity index (χ2v) is 10.7. The van der Waals surface area contributed by atoms with Gasteiger partial charge in [-0.2, -0.15) is 0 Å². The number of anilines is 1. The van der Waals surface area contributed by atoms with Gasteiger partial charge in [0.05, 0.1) is 24.8 Å². The summed E-state index contributed by atoms with van der Waals surface area (Å²) in [6.45, 7) is 6.52. The summed E-state index contributed by atoms with van der Waals surface area (Å²) in [4.78, 5) is 45.3. The molecule has 42 heavy (non-hydrogen) atoms. The third-order valence-electron chi connectivity index (χ3n) is 6.44.